The van der Waals surface area contributed by atoms with Crippen molar-refractivity contribution in [2.45, 2.75) is 97.9 Å². The number of rotatable bonds is 17. The molecular formula is C31H45N2O12P. The minimum atomic E-state index is -3.56. The maximum absolute atomic E-state index is 13.2. The third-order valence-electron chi connectivity index (χ3n) is 6.57. The third-order valence-corrected chi connectivity index (χ3v) is 8.68. The van der Waals surface area contributed by atoms with E-state index in [9.17, 15) is 23.7 Å². The average Bonchev–Trinajstić information content (AvgIpc) is 2.96. The third kappa shape index (κ3) is 12.6. The maximum Gasteiger partial charge on any atom is 0.330 e. The number of amides is 2. The van der Waals surface area contributed by atoms with Gasteiger partial charge in [0.2, 0.25) is 12.4 Å². The fourth-order valence-electron chi connectivity index (χ4n) is 4.73. The summed E-state index contributed by atoms with van der Waals surface area (Å²) >= 11 is 0. The van der Waals surface area contributed by atoms with Crippen molar-refractivity contribution < 1.29 is 56.5 Å². The number of esters is 3. The van der Waals surface area contributed by atoms with Crippen LogP contribution < -0.4 is 15.4 Å². The molecule has 0 radical (unpaired) electrons. The van der Waals surface area contributed by atoms with E-state index < -0.39 is 56.2 Å². The summed E-state index contributed by atoms with van der Waals surface area (Å²) in [5.74, 6) is 0.623. The second kappa shape index (κ2) is 19.1. The van der Waals surface area contributed by atoms with Crippen LogP contribution in [0.5, 0.6) is 5.75 Å². The molecule has 2 N–H and O–H groups in total. The molecule has 1 aromatic rings. The van der Waals surface area contributed by atoms with Crippen molar-refractivity contribution in [3.8, 4) is 18.1 Å². The summed E-state index contributed by atoms with van der Waals surface area (Å²) in [6, 6.07) is 4.43. The number of ether oxygens (including phenoxy) is 5. The molecule has 14 nitrogen and oxygen atoms in total. The molecule has 2 amide bonds. The van der Waals surface area contributed by atoms with E-state index in [-0.39, 0.29) is 37.6 Å². The van der Waals surface area contributed by atoms with Crippen LogP contribution in [0.15, 0.2) is 18.2 Å². The lowest BCUT2D eigenvalue weighted by molar-refractivity contribution is -0.283. The number of hydrogen-bond donors (Lipinski definition) is 2. The molecule has 0 aliphatic carbocycles. The number of urea groups is 1. The quantitative estimate of drug-likeness (QED) is 0.0785. The molecule has 1 heterocycles. The Morgan fingerprint density at radius 3 is 2.11 bits per heavy atom. The Kier molecular flexibility index (Phi) is 16.0. The highest BCUT2D eigenvalue weighted by molar-refractivity contribution is 7.53. The molecule has 1 saturated heterocycles. The van der Waals surface area contributed by atoms with E-state index in [0.29, 0.717) is 24.2 Å². The van der Waals surface area contributed by atoms with Gasteiger partial charge in [0.15, 0.2) is 12.2 Å². The van der Waals surface area contributed by atoms with E-state index in [1.807, 2.05) is 0 Å². The zero-order valence-corrected chi connectivity index (χ0v) is 28.1. The maximum atomic E-state index is 13.2. The number of aryl methyl sites for hydroxylation is 1. The Hall–Kier alpha value is -3.63. The lowest BCUT2D eigenvalue weighted by Crippen LogP contribution is -2.62. The monoisotopic (exact) mass is 668 g/mol. The van der Waals surface area contributed by atoms with E-state index in [1.165, 1.54) is 0 Å². The van der Waals surface area contributed by atoms with E-state index in [2.05, 4.69) is 16.6 Å². The second-order valence-electron chi connectivity index (χ2n) is 10.4. The van der Waals surface area contributed by atoms with Gasteiger partial charge in [-0.25, -0.2) is 4.79 Å². The van der Waals surface area contributed by atoms with Gasteiger partial charge in [0, 0.05) is 39.4 Å². The Labute approximate surface area is 270 Å². The van der Waals surface area contributed by atoms with Crippen LogP contribution in [-0.2, 0) is 46.9 Å². The molecule has 0 saturated carbocycles. The van der Waals surface area contributed by atoms with Crippen LogP contribution in [0.2, 0.25) is 0 Å². The lowest BCUT2D eigenvalue weighted by atomic mass is 9.96. The van der Waals surface area contributed by atoms with Crippen LogP contribution in [0.4, 0.5) is 10.5 Å². The molecule has 0 bridgehead atoms. The first-order valence-electron chi connectivity index (χ1n) is 15.1. The van der Waals surface area contributed by atoms with Crippen LogP contribution in [0, 0.1) is 19.3 Å². The van der Waals surface area contributed by atoms with Crippen molar-refractivity contribution in [3.63, 3.8) is 0 Å². The SMILES string of the molecule is C#CCCCCNC(=O)Nc1ccc(O[C@H]2O[C@H](CCP(=O)(OCC)OCC)[C@@H](OC(C)=O)[C@H](OC(C)=O)[C@@H]2OC(C)=O)cc1C. The summed E-state index contributed by atoms with van der Waals surface area (Å²) in [5, 5.41) is 5.54. The number of anilines is 1. The Balaban J connectivity index is 2.36. The van der Waals surface area contributed by atoms with Crippen molar-refractivity contribution in [1.82, 2.24) is 5.32 Å². The number of nitrogens with one attached hydrogen (secondary N) is 2. The molecule has 46 heavy (non-hydrogen) atoms. The summed E-state index contributed by atoms with van der Waals surface area (Å²) in [6.07, 6.45) is 0.887. The minimum absolute atomic E-state index is 0.0284. The molecular weight excluding hydrogens is 623 g/mol. The van der Waals surface area contributed by atoms with Gasteiger partial charge in [-0.2, -0.15) is 0 Å². The summed E-state index contributed by atoms with van der Waals surface area (Å²) in [5.41, 5.74) is 1.16. The first kappa shape index (κ1) is 38.6. The van der Waals surface area contributed by atoms with Crippen LogP contribution in [0.25, 0.3) is 0 Å². The summed E-state index contributed by atoms with van der Waals surface area (Å²) in [7, 11) is -3.56. The number of hydrogen-bond acceptors (Lipinski definition) is 12. The highest BCUT2D eigenvalue weighted by Gasteiger charge is 2.53. The van der Waals surface area contributed by atoms with E-state index in [0.717, 1.165) is 33.6 Å². The smallest absolute Gasteiger partial charge is 0.330 e. The fraction of sp³-hybridized carbons (Fsp3) is 0.613. The standard InChI is InChI=1S/C31H45N2O12P/c1-8-11-12-13-17-32-31(37)33-25-15-14-24(19-20(25)4)44-30-29(43-23(7)36)28(42-22(6)35)27(41-21(5)34)26(45-30)16-18-46(38,39-9-2)40-10-3/h1,14-15,19,26-30H,9-13,16-18H2,2-7H3,(H2,32,33,37)/t26-,27-,28+,29+,30+/m1/s1. The van der Waals surface area contributed by atoms with Crippen LogP contribution in [0.3, 0.4) is 0 Å². The van der Waals surface area contributed by atoms with Crippen molar-refractivity contribution in [2.75, 3.05) is 31.2 Å². The zero-order chi connectivity index (χ0) is 34.3. The predicted molar refractivity (Wildman–Crippen MR) is 167 cm³/mol. The van der Waals surface area contributed by atoms with Gasteiger partial charge < -0.3 is 43.4 Å². The number of unbranched alkanes of at least 4 members (excludes halogenated alkanes) is 2. The van der Waals surface area contributed by atoms with Gasteiger partial charge >= 0.3 is 31.5 Å². The highest BCUT2D eigenvalue weighted by Crippen LogP contribution is 2.49. The zero-order valence-electron chi connectivity index (χ0n) is 27.2. The predicted octanol–water partition coefficient (Wildman–Crippen LogP) is 4.48. The van der Waals surface area contributed by atoms with Gasteiger partial charge in [-0.3, -0.25) is 18.9 Å². The van der Waals surface area contributed by atoms with Gasteiger partial charge in [0.05, 0.1) is 19.4 Å². The fourth-order valence-corrected chi connectivity index (χ4v) is 6.42. The highest BCUT2D eigenvalue weighted by atomic mass is 31.2. The van der Waals surface area contributed by atoms with Crippen LogP contribution in [-0.4, -0.2) is 80.6 Å². The van der Waals surface area contributed by atoms with Crippen molar-refractivity contribution in [1.29, 1.82) is 0 Å². The molecule has 1 aromatic carbocycles. The van der Waals surface area contributed by atoms with Gasteiger partial charge in [-0.1, -0.05) is 0 Å². The largest absolute Gasteiger partial charge is 0.461 e. The molecule has 0 aromatic heterocycles. The van der Waals surface area contributed by atoms with E-state index in [4.69, 9.17) is 39.2 Å². The van der Waals surface area contributed by atoms with Crippen molar-refractivity contribution >= 4 is 37.2 Å². The number of terminal acetylenes is 1. The summed E-state index contributed by atoms with van der Waals surface area (Å²) in [6.45, 7) is 9.29. The molecule has 0 unspecified atom stereocenters. The molecule has 1 fully saturated rings. The Morgan fingerprint density at radius 1 is 0.935 bits per heavy atom. The first-order chi connectivity index (χ1) is 21.8. The molecule has 5 atom stereocenters. The Bertz CT molecular complexity index is 1270. The minimum Gasteiger partial charge on any atom is -0.461 e. The van der Waals surface area contributed by atoms with Gasteiger partial charge in [0.1, 0.15) is 11.9 Å². The van der Waals surface area contributed by atoms with Crippen LogP contribution in [0.1, 0.15) is 65.9 Å². The first-order valence-corrected chi connectivity index (χ1v) is 16.9. The molecule has 15 heteroatoms. The van der Waals surface area contributed by atoms with E-state index >= 15 is 0 Å². The lowest BCUT2D eigenvalue weighted by Gasteiger charge is -2.44. The molecule has 1 aliphatic heterocycles. The van der Waals surface area contributed by atoms with Gasteiger partial charge in [-0.05, 0) is 63.8 Å². The number of carbonyl (C=O) groups is 4. The van der Waals surface area contributed by atoms with Gasteiger partial charge in [0.25, 0.3) is 0 Å². The van der Waals surface area contributed by atoms with Gasteiger partial charge in [-0.15, -0.1) is 12.3 Å². The van der Waals surface area contributed by atoms with Crippen molar-refractivity contribution in [3.05, 3.63) is 23.8 Å². The normalized spacial score (nSPS) is 20.9. The second-order valence-corrected chi connectivity index (χ2v) is 12.5. The number of carbonyl (C=O) groups excluding carboxylic acids is 4. The molecule has 256 valence electrons. The topological polar surface area (TPSA) is 174 Å². The van der Waals surface area contributed by atoms with Crippen LogP contribution >= 0.6 is 7.60 Å². The number of benzene rings is 1. The average molecular weight is 669 g/mol. The molecule has 1 aliphatic rings. The Morgan fingerprint density at radius 2 is 1.54 bits per heavy atom. The van der Waals surface area contributed by atoms with E-state index in [1.54, 1.807) is 39.0 Å². The summed E-state index contributed by atoms with van der Waals surface area (Å²) < 4.78 is 52.9. The summed E-state index contributed by atoms with van der Waals surface area (Å²) in [4.78, 5) is 48.9. The molecule has 0 spiro atoms. The molecule has 2 rings (SSSR count). The van der Waals surface area contributed by atoms with Crippen molar-refractivity contribution in [2.24, 2.45) is 0 Å².